The van der Waals surface area contributed by atoms with Gasteiger partial charge in [-0.25, -0.2) is 0 Å². The molecule has 0 unspecified atom stereocenters. The Hall–Kier alpha value is -5.21. The van der Waals surface area contributed by atoms with Crippen LogP contribution in [0.5, 0.6) is 11.5 Å². The Labute approximate surface area is 378 Å². The van der Waals surface area contributed by atoms with Gasteiger partial charge >= 0.3 is 0 Å². The van der Waals surface area contributed by atoms with Crippen molar-refractivity contribution in [2.75, 3.05) is 39.9 Å². The molecule has 3 amide bonds. The Morgan fingerprint density at radius 3 is 2.14 bits per heavy atom. The van der Waals surface area contributed by atoms with Gasteiger partial charge in [0.05, 0.1) is 18.2 Å². The Morgan fingerprint density at radius 1 is 0.906 bits per heavy atom. The van der Waals surface area contributed by atoms with Crippen molar-refractivity contribution < 1.29 is 43.3 Å². The number of ketones is 3. The van der Waals surface area contributed by atoms with Crippen LogP contribution in [0.2, 0.25) is 0 Å². The van der Waals surface area contributed by atoms with E-state index in [-0.39, 0.29) is 89.5 Å². The molecule has 0 fully saturated rings. The van der Waals surface area contributed by atoms with Crippen molar-refractivity contribution in [1.82, 2.24) is 15.5 Å². The number of nitrogens with two attached hydrogens (primary N) is 3. The number of carbonyl (C=O) groups is 6. The largest absolute Gasteiger partial charge is 0.492 e. The molecule has 16 nitrogen and oxygen atoms in total. The van der Waals surface area contributed by atoms with Gasteiger partial charge in [-0.2, -0.15) is 5.26 Å². The Bertz CT molecular complexity index is 1920. The van der Waals surface area contributed by atoms with E-state index in [0.717, 1.165) is 32.1 Å². The van der Waals surface area contributed by atoms with E-state index in [1.807, 2.05) is 6.07 Å². The summed E-state index contributed by atoms with van der Waals surface area (Å²) >= 11 is 0. The topological polar surface area (TPSA) is 270 Å². The number of ether oxygens (including phenoxy) is 2. The second kappa shape index (κ2) is 27.9. The summed E-state index contributed by atoms with van der Waals surface area (Å²) in [4.78, 5) is 84.5. The molecule has 1 aliphatic rings. The first-order valence-corrected chi connectivity index (χ1v) is 22.8. The maximum absolute atomic E-state index is 14.7. The summed E-state index contributed by atoms with van der Waals surface area (Å²) in [5.41, 5.74) is 19.7. The minimum Gasteiger partial charge on any atom is -0.492 e. The third-order valence-corrected chi connectivity index (χ3v) is 11.5. The zero-order valence-electron chi connectivity index (χ0n) is 38.2. The fourth-order valence-electron chi connectivity index (χ4n) is 7.97. The van der Waals surface area contributed by atoms with Gasteiger partial charge in [0.2, 0.25) is 17.7 Å². The molecule has 64 heavy (non-hydrogen) atoms. The van der Waals surface area contributed by atoms with E-state index in [1.165, 1.54) is 25.3 Å². The normalized spacial score (nSPS) is 17.8. The van der Waals surface area contributed by atoms with Crippen LogP contribution in [0.25, 0.3) is 11.1 Å². The van der Waals surface area contributed by atoms with Gasteiger partial charge < -0.3 is 47.3 Å². The number of nitriles is 1. The van der Waals surface area contributed by atoms with Crippen LogP contribution < -0.4 is 37.3 Å². The van der Waals surface area contributed by atoms with E-state index in [9.17, 15) is 39.1 Å². The van der Waals surface area contributed by atoms with Crippen LogP contribution in [0.15, 0.2) is 36.4 Å². The molecule has 2 aromatic carbocycles. The standard InChI is InChI=1S/C48H71N7O9/c1-5-6-7-8-9-10-11-14-44(60)54-45(32(3)56)40(58)30-35(19-21-50)48(62)55(4)46-34-16-18-43(64-25-23-52)37(29-34)36-27-33(15-17-42(36)63-24-22-51)28-38(39(57)13-12-20-49)53-47(61)31(2)26-41(46)59/h15-18,27,29,31-32,35,38,45-46,56H,5-14,19,21-26,28,30,50-52H2,1-4H3,(H,53,61)(H,54,60)/t31-,32-,35-,38+,45+,46+/m1/s1. The number of hydrogen-bond acceptors (Lipinski definition) is 13. The van der Waals surface area contributed by atoms with Crippen molar-refractivity contribution in [2.24, 2.45) is 29.0 Å². The number of carbonyl (C=O) groups excluding carboxylic acids is 6. The summed E-state index contributed by atoms with van der Waals surface area (Å²) in [6.07, 6.45) is 5.33. The number of fused-ring (bicyclic) bond motifs is 5. The Balaban J connectivity index is 2.09. The summed E-state index contributed by atoms with van der Waals surface area (Å²) in [7, 11) is 1.45. The van der Waals surface area contributed by atoms with Crippen molar-refractivity contribution in [2.45, 2.75) is 135 Å². The van der Waals surface area contributed by atoms with E-state index in [4.69, 9.17) is 26.7 Å². The fraction of sp³-hybridized carbons (Fsp3) is 0.604. The third kappa shape index (κ3) is 16.1. The predicted octanol–water partition coefficient (Wildman–Crippen LogP) is 3.97. The number of unbranched alkanes of at least 4 members (excludes halogenated alkanes) is 6. The molecular weight excluding hydrogens is 819 g/mol. The number of nitrogens with one attached hydrogen (secondary N) is 2. The minimum atomic E-state index is -1.29. The second-order valence-corrected chi connectivity index (χ2v) is 16.8. The van der Waals surface area contributed by atoms with Crippen molar-refractivity contribution in [3.8, 4) is 28.7 Å². The van der Waals surface area contributed by atoms with Crippen LogP contribution in [0.1, 0.15) is 121 Å². The highest BCUT2D eigenvalue weighted by Crippen LogP contribution is 2.41. The Morgan fingerprint density at radius 2 is 1.53 bits per heavy atom. The van der Waals surface area contributed by atoms with Crippen LogP contribution in [-0.4, -0.2) is 103 Å². The van der Waals surface area contributed by atoms with Gasteiger partial charge in [0.25, 0.3) is 0 Å². The highest BCUT2D eigenvalue weighted by molar-refractivity contribution is 5.97. The predicted molar refractivity (Wildman–Crippen MR) is 244 cm³/mol. The molecule has 6 atom stereocenters. The first kappa shape index (κ1) is 53.1. The zero-order chi connectivity index (χ0) is 47.2. The Kier molecular flexibility index (Phi) is 23.1. The average Bonchev–Trinajstić information content (AvgIpc) is 3.27. The maximum atomic E-state index is 14.7. The SMILES string of the molecule is CCCCCCCCCC(=O)N[C@H](C(=O)C[C@@H](CCN)C(=O)N(C)[C@@H]1C(=O)C[C@@H](C)C(=O)N[C@H](C(=O)CCC#N)Cc2ccc(OCCN)c(c2)-c2cc1ccc2OCCN)[C@@H](C)O. The van der Waals surface area contributed by atoms with Gasteiger partial charge in [0, 0.05) is 75.2 Å². The molecule has 2 aromatic rings. The molecule has 0 saturated heterocycles. The zero-order valence-corrected chi connectivity index (χ0v) is 38.2. The lowest BCUT2D eigenvalue weighted by molar-refractivity contribution is -0.144. The van der Waals surface area contributed by atoms with Crippen LogP contribution in [0, 0.1) is 23.2 Å². The number of benzene rings is 2. The van der Waals surface area contributed by atoms with Gasteiger partial charge in [-0.1, -0.05) is 64.5 Å². The second-order valence-electron chi connectivity index (χ2n) is 16.8. The van der Waals surface area contributed by atoms with Gasteiger partial charge in [-0.05, 0) is 68.1 Å². The van der Waals surface area contributed by atoms with E-state index >= 15 is 0 Å². The first-order chi connectivity index (χ1) is 30.7. The number of likely N-dealkylation sites (N-methyl/N-ethyl adjacent to an activating group) is 1. The van der Waals surface area contributed by atoms with Crippen LogP contribution in [0.4, 0.5) is 0 Å². The number of aliphatic hydroxyl groups excluding tert-OH is 1. The monoisotopic (exact) mass is 890 g/mol. The molecule has 16 heteroatoms. The number of nitrogens with zero attached hydrogens (tertiary/aromatic N) is 2. The molecule has 352 valence electrons. The molecule has 1 heterocycles. The van der Waals surface area contributed by atoms with Crippen molar-refractivity contribution in [3.05, 3.63) is 47.5 Å². The molecule has 0 spiro atoms. The minimum absolute atomic E-state index is 0.0187. The molecule has 9 N–H and O–H groups in total. The average molecular weight is 890 g/mol. The summed E-state index contributed by atoms with van der Waals surface area (Å²) in [6, 6.07) is 8.72. The molecule has 0 aromatic heterocycles. The lowest BCUT2D eigenvalue weighted by Gasteiger charge is -2.32. The number of amides is 3. The summed E-state index contributed by atoms with van der Waals surface area (Å²) in [5, 5.41) is 25.4. The molecule has 3 rings (SSSR count). The lowest BCUT2D eigenvalue weighted by atomic mass is 9.88. The first-order valence-electron chi connectivity index (χ1n) is 22.8. The van der Waals surface area contributed by atoms with Crippen molar-refractivity contribution >= 4 is 35.1 Å². The van der Waals surface area contributed by atoms with Gasteiger partial charge in [0.1, 0.15) is 36.8 Å². The molecule has 0 saturated carbocycles. The van der Waals surface area contributed by atoms with E-state index in [0.29, 0.717) is 40.2 Å². The number of hydrogen-bond donors (Lipinski definition) is 6. The molecule has 0 aliphatic carbocycles. The van der Waals surface area contributed by atoms with Gasteiger partial charge in [-0.15, -0.1) is 0 Å². The van der Waals surface area contributed by atoms with Crippen molar-refractivity contribution in [1.29, 1.82) is 5.26 Å². The number of Topliss-reactive ketones (excluding diaryl/α,β-unsaturated/α-hetero) is 3. The number of rotatable bonds is 26. The van der Waals surface area contributed by atoms with Crippen molar-refractivity contribution in [3.63, 3.8) is 0 Å². The molecular formula is C48H71N7O9. The maximum Gasteiger partial charge on any atom is 0.226 e. The molecule has 4 bridgehead atoms. The quantitative estimate of drug-likeness (QED) is 0.0731. The summed E-state index contributed by atoms with van der Waals surface area (Å²) in [6.45, 7) is 5.83. The summed E-state index contributed by atoms with van der Waals surface area (Å²) < 4.78 is 12.2. The highest BCUT2D eigenvalue weighted by atomic mass is 16.5. The van der Waals surface area contributed by atoms with Crippen LogP contribution in [-0.2, 0) is 35.2 Å². The van der Waals surface area contributed by atoms with Gasteiger partial charge in [0.15, 0.2) is 17.3 Å². The lowest BCUT2D eigenvalue weighted by Crippen LogP contribution is -2.49. The van der Waals surface area contributed by atoms with Crippen LogP contribution in [0.3, 0.4) is 0 Å². The number of aliphatic hydroxyl groups is 1. The van der Waals surface area contributed by atoms with E-state index < -0.39 is 59.4 Å². The fourth-order valence-corrected chi connectivity index (χ4v) is 7.97. The van der Waals surface area contributed by atoms with Gasteiger partial charge in [-0.3, -0.25) is 28.8 Å². The summed E-state index contributed by atoms with van der Waals surface area (Å²) in [5.74, 6) is -4.11. The van der Waals surface area contributed by atoms with E-state index in [2.05, 4.69) is 17.6 Å². The highest BCUT2D eigenvalue weighted by Gasteiger charge is 2.37. The third-order valence-electron chi connectivity index (χ3n) is 11.5. The smallest absolute Gasteiger partial charge is 0.226 e. The van der Waals surface area contributed by atoms with Crippen LogP contribution >= 0.6 is 0 Å². The van der Waals surface area contributed by atoms with E-state index in [1.54, 1.807) is 43.3 Å². The molecule has 0 radical (unpaired) electrons. The molecule has 1 aliphatic heterocycles.